The molecule has 0 aliphatic carbocycles. The minimum atomic E-state index is -0.0733. The zero-order chi connectivity index (χ0) is 11.3. The van der Waals surface area contributed by atoms with Crippen LogP contribution in [0.25, 0.3) is 0 Å². The standard InChI is InChI=1S/C11H14N2OS/c1-3-9(4-5-12)13-11(14)10-7-15-6-8(10)2/h6-7,9H,3-4H2,1-2H3,(H,13,14). The molecule has 0 aliphatic heterocycles. The van der Waals surface area contributed by atoms with Crippen LogP contribution in [0.5, 0.6) is 0 Å². The second kappa shape index (κ2) is 5.52. The first-order valence-corrected chi connectivity index (χ1v) is 5.84. The molecule has 0 aliphatic rings. The molecule has 80 valence electrons. The maximum absolute atomic E-state index is 11.8. The number of nitrogens with one attached hydrogen (secondary N) is 1. The van der Waals surface area contributed by atoms with Crippen molar-refractivity contribution in [2.24, 2.45) is 0 Å². The molecule has 0 aromatic carbocycles. The molecule has 1 rings (SSSR count). The Hall–Kier alpha value is -1.34. The van der Waals surface area contributed by atoms with E-state index in [1.807, 2.05) is 24.6 Å². The quantitative estimate of drug-likeness (QED) is 0.850. The van der Waals surface area contributed by atoms with Crippen LogP contribution in [0, 0.1) is 18.3 Å². The first-order valence-electron chi connectivity index (χ1n) is 4.89. The van der Waals surface area contributed by atoms with Crippen LogP contribution in [0.15, 0.2) is 10.8 Å². The lowest BCUT2D eigenvalue weighted by Crippen LogP contribution is -2.34. The van der Waals surface area contributed by atoms with Crippen molar-refractivity contribution in [1.29, 1.82) is 5.26 Å². The maximum atomic E-state index is 11.8. The van der Waals surface area contributed by atoms with Gasteiger partial charge in [-0.05, 0) is 24.3 Å². The lowest BCUT2D eigenvalue weighted by atomic mass is 10.1. The number of carbonyl (C=O) groups excluding carboxylic acids is 1. The van der Waals surface area contributed by atoms with Gasteiger partial charge in [0.15, 0.2) is 0 Å². The topological polar surface area (TPSA) is 52.9 Å². The van der Waals surface area contributed by atoms with Crippen molar-refractivity contribution in [3.05, 3.63) is 21.9 Å². The lowest BCUT2D eigenvalue weighted by molar-refractivity contribution is 0.0936. The van der Waals surface area contributed by atoms with Crippen molar-refractivity contribution < 1.29 is 4.79 Å². The molecule has 1 aromatic heterocycles. The maximum Gasteiger partial charge on any atom is 0.252 e. The number of rotatable bonds is 4. The van der Waals surface area contributed by atoms with Gasteiger partial charge in [-0.25, -0.2) is 0 Å². The second-order valence-electron chi connectivity index (χ2n) is 3.41. The van der Waals surface area contributed by atoms with Gasteiger partial charge in [-0.2, -0.15) is 16.6 Å². The molecule has 0 radical (unpaired) electrons. The molecular formula is C11H14N2OS. The van der Waals surface area contributed by atoms with Gasteiger partial charge in [0.05, 0.1) is 18.1 Å². The van der Waals surface area contributed by atoms with Crippen molar-refractivity contribution in [2.75, 3.05) is 0 Å². The SMILES string of the molecule is CCC(CC#N)NC(=O)c1cscc1C. The molecule has 1 atom stereocenters. The Morgan fingerprint density at radius 1 is 1.67 bits per heavy atom. The van der Waals surface area contributed by atoms with Gasteiger partial charge in [0.1, 0.15) is 0 Å². The van der Waals surface area contributed by atoms with Crippen LogP contribution < -0.4 is 5.32 Å². The van der Waals surface area contributed by atoms with Crippen LogP contribution in [-0.2, 0) is 0 Å². The number of carbonyl (C=O) groups is 1. The minimum absolute atomic E-state index is 0.0400. The van der Waals surface area contributed by atoms with E-state index in [4.69, 9.17) is 5.26 Å². The van der Waals surface area contributed by atoms with Gasteiger partial charge >= 0.3 is 0 Å². The third kappa shape index (κ3) is 3.07. The Morgan fingerprint density at radius 2 is 2.40 bits per heavy atom. The minimum Gasteiger partial charge on any atom is -0.348 e. The summed E-state index contributed by atoms with van der Waals surface area (Å²) in [4.78, 5) is 11.8. The average Bonchev–Trinajstić information content (AvgIpc) is 2.63. The van der Waals surface area contributed by atoms with Gasteiger partial charge in [-0.1, -0.05) is 6.92 Å². The fourth-order valence-electron chi connectivity index (χ4n) is 1.26. The van der Waals surface area contributed by atoms with Gasteiger partial charge in [-0.3, -0.25) is 4.79 Å². The molecule has 0 spiro atoms. The monoisotopic (exact) mass is 222 g/mol. The Bertz CT molecular complexity index is 378. The normalized spacial score (nSPS) is 11.8. The first-order chi connectivity index (χ1) is 7.19. The van der Waals surface area contributed by atoms with E-state index in [-0.39, 0.29) is 11.9 Å². The van der Waals surface area contributed by atoms with Crippen molar-refractivity contribution in [1.82, 2.24) is 5.32 Å². The highest BCUT2D eigenvalue weighted by Crippen LogP contribution is 2.13. The van der Waals surface area contributed by atoms with Crippen molar-refractivity contribution >= 4 is 17.2 Å². The molecule has 15 heavy (non-hydrogen) atoms. The van der Waals surface area contributed by atoms with Crippen LogP contribution in [0.4, 0.5) is 0 Å². The van der Waals surface area contributed by atoms with Crippen molar-refractivity contribution in [3.63, 3.8) is 0 Å². The van der Waals surface area contributed by atoms with Crippen molar-refractivity contribution in [2.45, 2.75) is 32.7 Å². The Balaban J connectivity index is 2.63. The highest BCUT2D eigenvalue weighted by molar-refractivity contribution is 7.08. The van der Waals surface area contributed by atoms with E-state index >= 15 is 0 Å². The summed E-state index contributed by atoms with van der Waals surface area (Å²) in [6.07, 6.45) is 1.15. The van der Waals surface area contributed by atoms with Gasteiger partial charge in [0, 0.05) is 11.4 Å². The summed E-state index contributed by atoms with van der Waals surface area (Å²) in [5, 5.41) is 15.2. The lowest BCUT2D eigenvalue weighted by Gasteiger charge is -2.13. The summed E-state index contributed by atoms with van der Waals surface area (Å²) >= 11 is 1.52. The van der Waals surface area contributed by atoms with E-state index in [0.29, 0.717) is 6.42 Å². The summed E-state index contributed by atoms with van der Waals surface area (Å²) in [5.41, 5.74) is 1.71. The van der Waals surface area contributed by atoms with Gasteiger partial charge in [0.2, 0.25) is 0 Å². The number of amides is 1. The van der Waals surface area contributed by atoms with Crippen LogP contribution >= 0.6 is 11.3 Å². The number of nitriles is 1. The summed E-state index contributed by atoms with van der Waals surface area (Å²) < 4.78 is 0. The van der Waals surface area contributed by atoms with E-state index in [1.165, 1.54) is 11.3 Å². The first kappa shape index (κ1) is 11.7. The molecule has 0 saturated heterocycles. The zero-order valence-electron chi connectivity index (χ0n) is 8.91. The van der Waals surface area contributed by atoms with E-state index in [1.54, 1.807) is 0 Å². The third-order valence-electron chi connectivity index (χ3n) is 2.27. The Morgan fingerprint density at radius 3 is 2.87 bits per heavy atom. The molecule has 1 heterocycles. The van der Waals surface area contributed by atoms with Gasteiger partial charge in [0.25, 0.3) is 5.91 Å². The van der Waals surface area contributed by atoms with Crippen LogP contribution in [0.1, 0.15) is 35.7 Å². The molecule has 0 bridgehead atoms. The van der Waals surface area contributed by atoms with Gasteiger partial charge < -0.3 is 5.32 Å². The average molecular weight is 222 g/mol. The molecule has 1 unspecified atom stereocenters. The smallest absolute Gasteiger partial charge is 0.252 e. The molecule has 1 N–H and O–H groups in total. The zero-order valence-corrected chi connectivity index (χ0v) is 9.73. The molecule has 1 amide bonds. The predicted octanol–water partition coefficient (Wildman–Crippen LogP) is 2.48. The van der Waals surface area contributed by atoms with E-state index < -0.39 is 0 Å². The summed E-state index contributed by atoms with van der Waals surface area (Å²) in [5.74, 6) is -0.0733. The number of nitrogens with zero attached hydrogens (tertiary/aromatic N) is 1. The predicted molar refractivity (Wildman–Crippen MR) is 60.8 cm³/mol. The van der Waals surface area contributed by atoms with Crippen LogP contribution in [0.2, 0.25) is 0 Å². The molecule has 0 saturated carbocycles. The molecule has 0 fully saturated rings. The number of aryl methyl sites for hydroxylation is 1. The molecule has 4 heteroatoms. The van der Waals surface area contributed by atoms with E-state index in [0.717, 1.165) is 17.5 Å². The molecular weight excluding hydrogens is 208 g/mol. The number of hydrogen-bond donors (Lipinski definition) is 1. The summed E-state index contributed by atoms with van der Waals surface area (Å²) in [6.45, 7) is 3.87. The molecule has 3 nitrogen and oxygen atoms in total. The second-order valence-corrected chi connectivity index (χ2v) is 4.15. The number of thiophene rings is 1. The number of hydrogen-bond acceptors (Lipinski definition) is 3. The fraction of sp³-hybridized carbons (Fsp3) is 0.455. The third-order valence-corrected chi connectivity index (χ3v) is 3.13. The highest BCUT2D eigenvalue weighted by Gasteiger charge is 2.13. The largest absolute Gasteiger partial charge is 0.348 e. The van der Waals surface area contributed by atoms with E-state index in [2.05, 4.69) is 11.4 Å². The summed E-state index contributed by atoms with van der Waals surface area (Å²) in [7, 11) is 0. The summed E-state index contributed by atoms with van der Waals surface area (Å²) in [6, 6.07) is 2.03. The fourth-order valence-corrected chi connectivity index (χ4v) is 2.09. The Labute approximate surface area is 93.7 Å². The van der Waals surface area contributed by atoms with Crippen LogP contribution in [-0.4, -0.2) is 11.9 Å². The van der Waals surface area contributed by atoms with Gasteiger partial charge in [-0.15, -0.1) is 0 Å². The van der Waals surface area contributed by atoms with Crippen LogP contribution in [0.3, 0.4) is 0 Å². The highest BCUT2D eigenvalue weighted by atomic mass is 32.1. The Kier molecular flexibility index (Phi) is 4.32. The van der Waals surface area contributed by atoms with Crippen molar-refractivity contribution in [3.8, 4) is 6.07 Å². The molecule has 1 aromatic rings. The van der Waals surface area contributed by atoms with E-state index in [9.17, 15) is 4.79 Å².